The third-order valence-electron chi connectivity index (χ3n) is 3.76. The number of hydrogen-bond donors (Lipinski definition) is 0. The lowest BCUT2D eigenvalue weighted by Gasteiger charge is -2.38. The molecule has 0 spiro atoms. The maximum atomic E-state index is 6.55. The van der Waals surface area contributed by atoms with E-state index in [0.29, 0.717) is 6.10 Å². The fraction of sp³-hybridized carbons (Fsp3) is 1.00. The topological polar surface area (TPSA) is 9.23 Å². The maximum absolute atomic E-state index is 6.55. The van der Waals surface area contributed by atoms with E-state index in [2.05, 4.69) is 46.6 Å². The van der Waals surface area contributed by atoms with Crippen molar-refractivity contribution in [3.05, 3.63) is 0 Å². The molecule has 0 bridgehead atoms. The highest BCUT2D eigenvalue weighted by Gasteiger charge is 2.40. The number of unbranched alkanes of at least 4 members (excludes halogenated alkanes) is 1. The zero-order chi connectivity index (χ0) is 12.8. The van der Waals surface area contributed by atoms with Crippen LogP contribution in [0.3, 0.4) is 0 Å². The molecule has 1 unspecified atom stereocenters. The van der Waals surface area contributed by atoms with Crippen LogP contribution in [0.4, 0.5) is 0 Å². The lowest BCUT2D eigenvalue weighted by molar-refractivity contribution is 0.173. The molecule has 1 atom stereocenters. The minimum absolute atomic E-state index is 0.540. The number of rotatable bonds is 8. The van der Waals surface area contributed by atoms with Crippen molar-refractivity contribution in [3.8, 4) is 0 Å². The van der Waals surface area contributed by atoms with Gasteiger partial charge in [0.2, 0.25) is 0 Å². The molecular weight excluding hydrogens is 228 g/mol. The fourth-order valence-electron chi connectivity index (χ4n) is 1.61. The third kappa shape index (κ3) is 5.64. The normalized spacial score (nSPS) is 15.2. The second kappa shape index (κ2) is 6.97. The van der Waals surface area contributed by atoms with Gasteiger partial charge in [0.25, 0.3) is 0 Å². The predicted molar refractivity (Wildman–Crippen MR) is 80.1 cm³/mol. The van der Waals surface area contributed by atoms with Gasteiger partial charge >= 0.3 is 0 Å². The van der Waals surface area contributed by atoms with Crippen molar-refractivity contribution >= 4 is 15.4 Å². The lowest BCUT2D eigenvalue weighted by atomic mass is 10.1. The Morgan fingerprint density at radius 3 is 1.81 bits per heavy atom. The summed E-state index contributed by atoms with van der Waals surface area (Å²) in [5.41, 5.74) is 0. The van der Waals surface area contributed by atoms with Gasteiger partial charge in [-0.25, -0.2) is 0 Å². The second-order valence-corrected chi connectivity index (χ2v) is 22.3. The van der Waals surface area contributed by atoms with Gasteiger partial charge in [-0.15, -0.1) is 0 Å². The molecule has 0 saturated carbocycles. The van der Waals surface area contributed by atoms with Gasteiger partial charge in [0.05, 0.1) is 7.59 Å². The van der Waals surface area contributed by atoms with Crippen molar-refractivity contribution in [1.29, 1.82) is 0 Å². The standard InChI is InChI=1S/C13H32OSi2/c1-8-10-12-13(11-9-2)14-16(6,7)15(3,4)5/h13H,8-12H2,1-7H3. The molecule has 3 heteroatoms. The van der Waals surface area contributed by atoms with Crippen LogP contribution in [-0.4, -0.2) is 21.5 Å². The quantitative estimate of drug-likeness (QED) is 0.559. The van der Waals surface area contributed by atoms with E-state index in [0.717, 1.165) is 0 Å². The molecule has 16 heavy (non-hydrogen) atoms. The maximum Gasteiger partial charge on any atom is 0.173 e. The van der Waals surface area contributed by atoms with E-state index in [1.54, 1.807) is 0 Å². The van der Waals surface area contributed by atoms with E-state index in [-0.39, 0.29) is 0 Å². The van der Waals surface area contributed by atoms with Crippen LogP contribution in [0.15, 0.2) is 0 Å². The Morgan fingerprint density at radius 2 is 1.44 bits per heavy atom. The molecule has 0 aliphatic rings. The van der Waals surface area contributed by atoms with Crippen LogP contribution < -0.4 is 0 Å². The summed E-state index contributed by atoms with van der Waals surface area (Å²) in [7, 11) is -2.52. The van der Waals surface area contributed by atoms with E-state index in [1.165, 1.54) is 32.1 Å². The SMILES string of the molecule is CCCCC(CCC)O[Si](C)(C)[Si](C)(C)C. The Kier molecular flexibility index (Phi) is 7.14. The van der Waals surface area contributed by atoms with E-state index in [1.807, 2.05) is 0 Å². The molecule has 0 aromatic carbocycles. The first-order valence-corrected chi connectivity index (χ1v) is 14.3. The largest absolute Gasteiger partial charge is 0.417 e. The van der Waals surface area contributed by atoms with Crippen molar-refractivity contribution in [2.45, 2.75) is 84.8 Å². The van der Waals surface area contributed by atoms with Crippen molar-refractivity contribution < 1.29 is 4.43 Å². The van der Waals surface area contributed by atoms with Crippen LogP contribution in [0.2, 0.25) is 32.7 Å². The van der Waals surface area contributed by atoms with Crippen LogP contribution in [0.5, 0.6) is 0 Å². The Morgan fingerprint density at radius 1 is 0.875 bits per heavy atom. The summed E-state index contributed by atoms with van der Waals surface area (Å²) in [4.78, 5) is 0. The van der Waals surface area contributed by atoms with Gasteiger partial charge < -0.3 is 4.43 Å². The summed E-state index contributed by atoms with van der Waals surface area (Å²) in [5.74, 6) is 0. The van der Waals surface area contributed by atoms with E-state index in [4.69, 9.17) is 4.43 Å². The monoisotopic (exact) mass is 260 g/mol. The average molecular weight is 261 g/mol. The summed E-state index contributed by atoms with van der Waals surface area (Å²) >= 11 is 0. The van der Waals surface area contributed by atoms with E-state index in [9.17, 15) is 0 Å². The van der Waals surface area contributed by atoms with Gasteiger partial charge in [-0.1, -0.05) is 52.8 Å². The molecule has 0 aromatic heterocycles. The van der Waals surface area contributed by atoms with Gasteiger partial charge in [0.1, 0.15) is 0 Å². The summed E-state index contributed by atoms with van der Waals surface area (Å²) in [6, 6.07) is 0. The first kappa shape index (κ1) is 16.4. The van der Waals surface area contributed by atoms with Crippen LogP contribution in [0.1, 0.15) is 46.0 Å². The summed E-state index contributed by atoms with van der Waals surface area (Å²) in [6.07, 6.45) is 6.93. The van der Waals surface area contributed by atoms with E-state index < -0.39 is 15.4 Å². The molecule has 0 aliphatic carbocycles. The molecule has 0 aromatic rings. The predicted octanol–water partition coefficient (Wildman–Crippen LogP) is 4.98. The number of hydrogen-bond acceptors (Lipinski definition) is 1. The Balaban J connectivity index is 4.36. The summed E-state index contributed by atoms with van der Waals surface area (Å²) in [5, 5.41) is 0. The van der Waals surface area contributed by atoms with Crippen molar-refractivity contribution in [3.63, 3.8) is 0 Å². The molecule has 98 valence electrons. The molecule has 0 amide bonds. The first-order valence-electron chi connectivity index (χ1n) is 6.92. The Hall–Kier alpha value is 0.394. The van der Waals surface area contributed by atoms with Crippen molar-refractivity contribution in [1.82, 2.24) is 0 Å². The van der Waals surface area contributed by atoms with Crippen LogP contribution in [-0.2, 0) is 4.43 Å². The highest BCUT2D eigenvalue weighted by atomic mass is 29.3. The molecule has 0 aliphatic heterocycles. The zero-order valence-corrected chi connectivity index (χ0v) is 14.5. The summed E-state index contributed by atoms with van der Waals surface area (Å²) in [6.45, 7) is 16.8. The van der Waals surface area contributed by atoms with Crippen molar-refractivity contribution in [2.24, 2.45) is 0 Å². The summed E-state index contributed by atoms with van der Waals surface area (Å²) < 4.78 is 6.55. The van der Waals surface area contributed by atoms with Crippen LogP contribution in [0, 0.1) is 0 Å². The van der Waals surface area contributed by atoms with Crippen molar-refractivity contribution in [2.75, 3.05) is 0 Å². The minimum atomic E-state index is -1.42. The molecule has 0 fully saturated rings. The Labute approximate surface area is 105 Å². The minimum Gasteiger partial charge on any atom is -0.417 e. The highest BCUT2D eigenvalue weighted by Crippen LogP contribution is 2.24. The highest BCUT2D eigenvalue weighted by molar-refractivity contribution is 7.37. The molecule has 0 N–H and O–H groups in total. The van der Waals surface area contributed by atoms with Crippen LogP contribution >= 0.6 is 0 Å². The van der Waals surface area contributed by atoms with Gasteiger partial charge in [-0.05, 0) is 25.9 Å². The first-order chi connectivity index (χ1) is 7.24. The second-order valence-electron chi connectivity index (χ2n) is 6.43. The van der Waals surface area contributed by atoms with E-state index >= 15 is 0 Å². The molecule has 0 saturated heterocycles. The van der Waals surface area contributed by atoms with Gasteiger partial charge in [0.15, 0.2) is 7.83 Å². The molecular formula is C13H32OSi2. The smallest absolute Gasteiger partial charge is 0.173 e. The molecule has 1 nitrogen and oxygen atoms in total. The zero-order valence-electron chi connectivity index (χ0n) is 12.5. The fourth-order valence-corrected chi connectivity index (χ4v) is 4.59. The van der Waals surface area contributed by atoms with Crippen LogP contribution in [0.25, 0.3) is 0 Å². The average Bonchev–Trinajstić information content (AvgIpc) is 2.12. The van der Waals surface area contributed by atoms with Gasteiger partial charge in [-0.2, -0.15) is 0 Å². The van der Waals surface area contributed by atoms with Gasteiger partial charge in [0, 0.05) is 6.10 Å². The molecule has 0 radical (unpaired) electrons. The Bertz CT molecular complexity index is 185. The molecule has 0 heterocycles. The van der Waals surface area contributed by atoms with Gasteiger partial charge in [-0.3, -0.25) is 0 Å². The third-order valence-corrected chi connectivity index (χ3v) is 19.5. The molecule has 0 rings (SSSR count). The lowest BCUT2D eigenvalue weighted by Crippen LogP contribution is -2.56.